The summed E-state index contributed by atoms with van der Waals surface area (Å²) in [7, 11) is -4.18. The summed E-state index contributed by atoms with van der Waals surface area (Å²) in [6.07, 6.45) is 0.319. The zero-order valence-electron chi connectivity index (χ0n) is 10.3. The molecule has 1 aromatic rings. The monoisotopic (exact) mass is 296 g/mol. The number of nitrogens with zero attached hydrogens (tertiary/aromatic N) is 3. The summed E-state index contributed by atoms with van der Waals surface area (Å²) < 4.78 is 27.3. The van der Waals surface area contributed by atoms with Crippen LogP contribution >= 0.6 is 0 Å². The van der Waals surface area contributed by atoms with E-state index >= 15 is 0 Å². The molecule has 0 bridgehead atoms. The second-order valence-corrected chi connectivity index (χ2v) is 5.53. The Morgan fingerprint density at radius 2 is 1.95 bits per heavy atom. The van der Waals surface area contributed by atoms with Gasteiger partial charge in [0.15, 0.2) is 5.84 Å². The lowest BCUT2D eigenvalue weighted by molar-refractivity contribution is -0.119. The molecule has 106 valence electrons. The minimum absolute atomic E-state index is 0.110. The van der Waals surface area contributed by atoms with Crippen LogP contribution in [0.15, 0.2) is 39.9 Å². The van der Waals surface area contributed by atoms with Gasteiger partial charge in [-0.3, -0.25) is 4.79 Å². The van der Waals surface area contributed by atoms with E-state index < -0.39 is 27.7 Å². The highest BCUT2D eigenvalue weighted by molar-refractivity contribution is 7.89. The van der Waals surface area contributed by atoms with Gasteiger partial charge < -0.3 is 10.9 Å². The molecule has 2 rings (SSSR count). The van der Waals surface area contributed by atoms with Crippen molar-refractivity contribution in [2.75, 3.05) is 6.54 Å². The molecule has 0 fully saturated rings. The van der Waals surface area contributed by atoms with Gasteiger partial charge in [-0.25, -0.2) is 4.31 Å². The van der Waals surface area contributed by atoms with Crippen LogP contribution < -0.4 is 5.73 Å². The first-order chi connectivity index (χ1) is 9.45. The highest BCUT2D eigenvalue weighted by atomic mass is 32.2. The van der Waals surface area contributed by atoms with Crippen LogP contribution in [0.2, 0.25) is 0 Å². The zero-order valence-corrected chi connectivity index (χ0v) is 11.1. The Kier molecular flexibility index (Phi) is 3.70. The molecule has 1 heterocycles. The van der Waals surface area contributed by atoms with Gasteiger partial charge in [0.1, 0.15) is 0 Å². The van der Waals surface area contributed by atoms with Gasteiger partial charge in [0, 0.05) is 6.54 Å². The van der Waals surface area contributed by atoms with Crippen LogP contribution in [0.25, 0.3) is 0 Å². The molecule has 0 aliphatic carbocycles. The first-order valence-electron chi connectivity index (χ1n) is 5.64. The molecule has 1 amide bonds. The van der Waals surface area contributed by atoms with E-state index in [4.69, 9.17) is 10.9 Å². The van der Waals surface area contributed by atoms with Crippen molar-refractivity contribution in [1.82, 2.24) is 4.31 Å². The quantitative estimate of drug-likeness (QED) is 0.574. The van der Waals surface area contributed by atoms with Crippen molar-refractivity contribution >= 4 is 27.7 Å². The Morgan fingerprint density at radius 3 is 2.55 bits per heavy atom. The summed E-state index contributed by atoms with van der Waals surface area (Å²) in [5.41, 5.74) is 5.54. The molecule has 0 radical (unpaired) electrons. The lowest BCUT2D eigenvalue weighted by atomic mass is 10.1. The maximum Gasteiger partial charge on any atom is 0.349 e. The summed E-state index contributed by atoms with van der Waals surface area (Å²) in [6, 6.07) is 9.05. The van der Waals surface area contributed by atoms with E-state index in [-0.39, 0.29) is 6.54 Å². The lowest BCUT2D eigenvalue weighted by Crippen LogP contribution is -2.50. The van der Waals surface area contributed by atoms with E-state index in [0.717, 1.165) is 5.56 Å². The van der Waals surface area contributed by atoms with Crippen LogP contribution in [-0.2, 0) is 21.4 Å². The number of amidine groups is 1. The van der Waals surface area contributed by atoms with Crippen molar-refractivity contribution in [3.63, 3.8) is 0 Å². The van der Waals surface area contributed by atoms with Gasteiger partial charge >= 0.3 is 10.2 Å². The van der Waals surface area contributed by atoms with Gasteiger partial charge in [-0.05, 0) is 12.0 Å². The average molecular weight is 296 g/mol. The van der Waals surface area contributed by atoms with Gasteiger partial charge in [0.2, 0.25) is 5.71 Å². The van der Waals surface area contributed by atoms with Crippen molar-refractivity contribution < 1.29 is 18.4 Å². The number of hydrogen-bond donors (Lipinski definition) is 2. The molecule has 1 aromatic carbocycles. The number of oxime groups is 1. The standard InChI is InChI=1S/C11H12N4O4S/c12-10-9(13-17)11(16)15(20(18,19)14-10)7-6-8-4-2-1-3-5-8/h1-5,17H,6-7H2,(H2,12,14)/b13-9+. The Hall–Kier alpha value is -2.42. The minimum Gasteiger partial charge on any atom is -0.410 e. The third-order valence-electron chi connectivity index (χ3n) is 2.71. The van der Waals surface area contributed by atoms with Crippen LogP contribution in [0.4, 0.5) is 0 Å². The van der Waals surface area contributed by atoms with Crippen molar-refractivity contribution in [2.45, 2.75) is 6.42 Å². The number of carbonyl (C=O) groups is 1. The zero-order chi connectivity index (χ0) is 14.8. The van der Waals surface area contributed by atoms with E-state index in [1.807, 2.05) is 6.07 Å². The molecular formula is C11H12N4O4S. The van der Waals surface area contributed by atoms with Gasteiger partial charge in [-0.1, -0.05) is 35.5 Å². The molecule has 0 unspecified atom stereocenters. The van der Waals surface area contributed by atoms with E-state index in [0.29, 0.717) is 10.7 Å². The fourth-order valence-electron chi connectivity index (χ4n) is 1.74. The summed E-state index contributed by atoms with van der Waals surface area (Å²) in [5, 5.41) is 11.4. The second-order valence-electron chi connectivity index (χ2n) is 4.02. The van der Waals surface area contributed by atoms with E-state index in [1.54, 1.807) is 24.3 Å². The Bertz CT molecular complexity index is 682. The van der Waals surface area contributed by atoms with Gasteiger partial charge in [-0.15, -0.1) is 4.40 Å². The third kappa shape index (κ3) is 2.62. The van der Waals surface area contributed by atoms with Gasteiger partial charge in [0.25, 0.3) is 5.91 Å². The van der Waals surface area contributed by atoms with Crippen LogP contribution in [0.1, 0.15) is 5.56 Å². The summed E-state index contributed by atoms with van der Waals surface area (Å²) >= 11 is 0. The Morgan fingerprint density at radius 1 is 1.30 bits per heavy atom. The molecular weight excluding hydrogens is 284 g/mol. The molecule has 0 aromatic heterocycles. The minimum atomic E-state index is -4.18. The molecule has 3 N–H and O–H groups in total. The molecule has 1 aliphatic rings. The van der Waals surface area contributed by atoms with Gasteiger partial charge in [-0.2, -0.15) is 8.42 Å². The summed E-state index contributed by atoms with van der Waals surface area (Å²) in [6.45, 7) is -0.110. The van der Waals surface area contributed by atoms with Crippen LogP contribution in [-0.4, -0.2) is 41.9 Å². The van der Waals surface area contributed by atoms with Crippen molar-refractivity contribution in [2.24, 2.45) is 15.3 Å². The lowest BCUT2D eigenvalue weighted by Gasteiger charge is -2.23. The van der Waals surface area contributed by atoms with Crippen LogP contribution in [0, 0.1) is 0 Å². The molecule has 20 heavy (non-hydrogen) atoms. The van der Waals surface area contributed by atoms with E-state index in [1.165, 1.54) is 0 Å². The number of rotatable bonds is 3. The van der Waals surface area contributed by atoms with Crippen molar-refractivity contribution in [3.8, 4) is 0 Å². The fraction of sp³-hybridized carbons (Fsp3) is 0.182. The fourth-order valence-corrected chi connectivity index (χ4v) is 2.79. The highest BCUT2D eigenvalue weighted by Crippen LogP contribution is 2.13. The molecule has 0 spiro atoms. The molecule has 1 aliphatic heterocycles. The third-order valence-corrected chi connectivity index (χ3v) is 4.04. The molecule has 0 saturated heterocycles. The van der Waals surface area contributed by atoms with Crippen LogP contribution in [0.3, 0.4) is 0 Å². The summed E-state index contributed by atoms with van der Waals surface area (Å²) in [5.74, 6) is -1.61. The predicted octanol–water partition coefficient (Wildman–Crippen LogP) is -0.497. The van der Waals surface area contributed by atoms with E-state index in [9.17, 15) is 13.2 Å². The van der Waals surface area contributed by atoms with E-state index in [2.05, 4.69) is 9.55 Å². The maximum atomic E-state index is 11.9. The Balaban J connectivity index is 2.25. The average Bonchev–Trinajstić information content (AvgIpc) is 2.38. The number of benzene rings is 1. The predicted molar refractivity (Wildman–Crippen MR) is 71.6 cm³/mol. The highest BCUT2D eigenvalue weighted by Gasteiger charge is 2.37. The molecule has 9 heteroatoms. The topological polar surface area (TPSA) is 125 Å². The largest absolute Gasteiger partial charge is 0.410 e. The summed E-state index contributed by atoms with van der Waals surface area (Å²) in [4.78, 5) is 11.9. The molecule has 8 nitrogen and oxygen atoms in total. The molecule has 0 saturated carbocycles. The molecule has 0 atom stereocenters. The first kappa shape index (κ1) is 14.0. The van der Waals surface area contributed by atoms with Crippen LogP contribution in [0.5, 0.6) is 0 Å². The number of amides is 1. The van der Waals surface area contributed by atoms with Crippen molar-refractivity contribution in [3.05, 3.63) is 35.9 Å². The number of carbonyl (C=O) groups excluding carboxylic acids is 1. The second kappa shape index (κ2) is 5.29. The number of nitrogens with two attached hydrogens (primary N) is 1. The Labute approximate surface area is 115 Å². The first-order valence-corrected chi connectivity index (χ1v) is 7.04. The smallest absolute Gasteiger partial charge is 0.349 e. The van der Waals surface area contributed by atoms with Gasteiger partial charge in [0.05, 0.1) is 0 Å². The number of hydrogen-bond acceptors (Lipinski definition) is 6. The normalized spacial score (nSPS) is 20.0. The SMILES string of the molecule is NC1=NS(=O)(=O)N(CCc2ccccc2)C(=O)/C1=N/O. The van der Waals surface area contributed by atoms with Crippen molar-refractivity contribution in [1.29, 1.82) is 0 Å². The maximum absolute atomic E-state index is 11.9.